The minimum absolute atomic E-state index is 0.573. The van der Waals surface area contributed by atoms with Crippen LogP contribution in [0.5, 0.6) is 0 Å². The summed E-state index contributed by atoms with van der Waals surface area (Å²) in [6.07, 6.45) is 6.63. The summed E-state index contributed by atoms with van der Waals surface area (Å²) in [5.74, 6) is 0.938. The third-order valence-electron chi connectivity index (χ3n) is 4.81. The zero-order valence-corrected chi connectivity index (χ0v) is 13.3. The lowest BCUT2D eigenvalue weighted by atomic mass is 9.80. The molecule has 3 heteroatoms. The van der Waals surface area contributed by atoms with E-state index in [0.717, 1.165) is 25.4 Å². The summed E-state index contributed by atoms with van der Waals surface area (Å²) in [6.45, 7) is 6.36. The molecule has 1 atom stereocenters. The number of hydrogen-bond donors (Lipinski definition) is 1. The van der Waals surface area contributed by atoms with E-state index in [-0.39, 0.29) is 0 Å². The highest BCUT2D eigenvalue weighted by molar-refractivity contribution is 5.82. The van der Waals surface area contributed by atoms with Gasteiger partial charge in [-0.25, -0.2) is 0 Å². The van der Waals surface area contributed by atoms with Crippen LogP contribution in [0.15, 0.2) is 24.3 Å². The van der Waals surface area contributed by atoms with Crippen molar-refractivity contribution in [2.24, 2.45) is 5.92 Å². The van der Waals surface area contributed by atoms with Gasteiger partial charge in [-0.3, -0.25) is 4.68 Å². The van der Waals surface area contributed by atoms with Crippen LogP contribution in [0.1, 0.15) is 45.2 Å². The molecule has 1 fully saturated rings. The Morgan fingerprint density at radius 1 is 1.29 bits per heavy atom. The molecule has 0 radical (unpaired) electrons. The molecule has 2 aromatic rings. The van der Waals surface area contributed by atoms with Crippen LogP contribution in [0, 0.1) is 5.92 Å². The van der Waals surface area contributed by atoms with Crippen LogP contribution in [0.3, 0.4) is 0 Å². The van der Waals surface area contributed by atoms with Crippen LogP contribution < -0.4 is 5.32 Å². The van der Waals surface area contributed by atoms with Gasteiger partial charge in [0.15, 0.2) is 0 Å². The Morgan fingerprint density at radius 3 is 2.76 bits per heavy atom. The number of nitrogens with zero attached hydrogens (tertiary/aromatic N) is 2. The van der Waals surface area contributed by atoms with Gasteiger partial charge >= 0.3 is 0 Å². The van der Waals surface area contributed by atoms with Gasteiger partial charge in [-0.15, -0.1) is 0 Å². The maximum atomic E-state index is 4.86. The van der Waals surface area contributed by atoms with E-state index in [0.29, 0.717) is 6.04 Å². The van der Waals surface area contributed by atoms with Crippen molar-refractivity contribution in [2.75, 3.05) is 6.54 Å². The van der Waals surface area contributed by atoms with Gasteiger partial charge in [0.05, 0.1) is 11.2 Å². The predicted octanol–water partition coefficient (Wildman–Crippen LogP) is 3.77. The molecule has 0 bridgehead atoms. The van der Waals surface area contributed by atoms with Crippen molar-refractivity contribution in [2.45, 2.75) is 58.5 Å². The smallest absolute Gasteiger partial charge is 0.0718 e. The topological polar surface area (TPSA) is 29.9 Å². The van der Waals surface area contributed by atoms with E-state index in [1.165, 1.54) is 42.3 Å². The second-order valence-electron chi connectivity index (χ2n) is 6.27. The van der Waals surface area contributed by atoms with E-state index in [1.54, 1.807) is 0 Å². The predicted molar refractivity (Wildman–Crippen MR) is 88.5 cm³/mol. The summed E-state index contributed by atoms with van der Waals surface area (Å²) < 4.78 is 2.14. The minimum Gasteiger partial charge on any atom is -0.314 e. The number of hydrogen-bond acceptors (Lipinski definition) is 2. The lowest BCUT2D eigenvalue weighted by molar-refractivity contribution is 0.259. The first-order valence-electron chi connectivity index (χ1n) is 8.49. The molecule has 114 valence electrons. The molecule has 0 amide bonds. The average Bonchev–Trinajstić information content (AvgIpc) is 2.81. The Bertz CT molecular complexity index is 583. The van der Waals surface area contributed by atoms with Crippen LogP contribution in [0.2, 0.25) is 0 Å². The summed E-state index contributed by atoms with van der Waals surface area (Å²) in [4.78, 5) is 0. The Kier molecular flexibility index (Phi) is 4.59. The van der Waals surface area contributed by atoms with Gasteiger partial charge in [0.1, 0.15) is 0 Å². The van der Waals surface area contributed by atoms with Crippen molar-refractivity contribution >= 4 is 10.9 Å². The van der Waals surface area contributed by atoms with Crippen molar-refractivity contribution in [3.05, 3.63) is 30.0 Å². The number of likely N-dealkylation sites (N-methyl/N-ethyl adjacent to an activating group) is 1. The molecule has 1 N–H and O–H groups in total. The van der Waals surface area contributed by atoms with E-state index in [9.17, 15) is 0 Å². The number of rotatable bonds is 7. The van der Waals surface area contributed by atoms with Crippen LogP contribution in [0.25, 0.3) is 10.9 Å². The molecular weight excluding hydrogens is 258 g/mol. The first-order chi connectivity index (χ1) is 10.3. The summed E-state index contributed by atoms with van der Waals surface area (Å²) in [6, 6.07) is 9.21. The first-order valence-corrected chi connectivity index (χ1v) is 8.49. The molecule has 1 unspecified atom stereocenters. The van der Waals surface area contributed by atoms with Crippen molar-refractivity contribution in [3.8, 4) is 0 Å². The van der Waals surface area contributed by atoms with Gasteiger partial charge < -0.3 is 5.32 Å². The van der Waals surface area contributed by atoms with Crippen molar-refractivity contribution in [1.29, 1.82) is 0 Å². The van der Waals surface area contributed by atoms with Gasteiger partial charge in [0.2, 0.25) is 0 Å². The molecule has 3 nitrogen and oxygen atoms in total. The van der Waals surface area contributed by atoms with E-state index in [4.69, 9.17) is 5.10 Å². The Hall–Kier alpha value is -1.35. The zero-order chi connectivity index (χ0) is 14.7. The molecule has 0 saturated heterocycles. The normalized spacial score (nSPS) is 17.0. The first kappa shape index (κ1) is 14.6. The third kappa shape index (κ3) is 3.13. The van der Waals surface area contributed by atoms with Gasteiger partial charge in [-0.2, -0.15) is 5.10 Å². The largest absolute Gasteiger partial charge is 0.314 e. The summed E-state index contributed by atoms with van der Waals surface area (Å²) >= 11 is 0. The second kappa shape index (κ2) is 6.61. The minimum atomic E-state index is 0.573. The molecule has 0 aliphatic heterocycles. The molecule has 1 aromatic heterocycles. The molecule has 1 saturated carbocycles. The molecule has 1 heterocycles. The lowest BCUT2D eigenvalue weighted by Gasteiger charge is -2.30. The van der Waals surface area contributed by atoms with E-state index >= 15 is 0 Å². The molecule has 1 aliphatic rings. The number of fused-ring (bicyclic) bond motifs is 1. The molecule has 21 heavy (non-hydrogen) atoms. The summed E-state index contributed by atoms with van der Waals surface area (Å²) in [5, 5.41) is 9.86. The van der Waals surface area contributed by atoms with Crippen molar-refractivity contribution in [3.63, 3.8) is 0 Å². The molecule has 1 aromatic carbocycles. The fraction of sp³-hybridized carbons (Fsp3) is 0.611. The van der Waals surface area contributed by atoms with Crippen LogP contribution in [-0.2, 0) is 13.0 Å². The maximum absolute atomic E-state index is 4.86. The van der Waals surface area contributed by atoms with E-state index in [1.807, 2.05) is 0 Å². The molecule has 0 spiro atoms. The fourth-order valence-electron chi connectivity index (χ4n) is 3.48. The highest BCUT2D eigenvalue weighted by atomic mass is 15.3. The van der Waals surface area contributed by atoms with E-state index < -0.39 is 0 Å². The standard InChI is InChI=1S/C18H27N3/c1-3-19-15(12-14-8-7-9-14)13-17-16-10-5-6-11-18(16)21(4-2)20-17/h5-6,10-11,14-15,19H,3-4,7-9,12-13H2,1-2H3. The zero-order valence-electron chi connectivity index (χ0n) is 13.3. The van der Waals surface area contributed by atoms with Gasteiger partial charge in [-0.05, 0) is 31.9 Å². The molecule has 3 rings (SSSR count). The number of benzene rings is 1. The highest BCUT2D eigenvalue weighted by Gasteiger charge is 2.23. The van der Waals surface area contributed by atoms with Crippen molar-refractivity contribution < 1.29 is 0 Å². The van der Waals surface area contributed by atoms with Gasteiger partial charge in [0.25, 0.3) is 0 Å². The van der Waals surface area contributed by atoms with Crippen LogP contribution in [0.4, 0.5) is 0 Å². The number of aromatic nitrogens is 2. The SMILES string of the molecule is CCNC(Cc1nn(CC)c2ccccc12)CC1CCC1. The monoisotopic (exact) mass is 285 g/mol. The second-order valence-corrected chi connectivity index (χ2v) is 6.27. The Labute approximate surface area is 127 Å². The van der Waals surface area contributed by atoms with Crippen LogP contribution >= 0.6 is 0 Å². The number of aryl methyl sites for hydroxylation is 1. The highest BCUT2D eigenvalue weighted by Crippen LogP contribution is 2.31. The van der Waals surface area contributed by atoms with Crippen molar-refractivity contribution in [1.82, 2.24) is 15.1 Å². The maximum Gasteiger partial charge on any atom is 0.0718 e. The average molecular weight is 285 g/mol. The summed E-state index contributed by atoms with van der Waals surface area (Å²) in [5.41, 5.74) is 2.53. The number of para-hydroxylation sites is 1. The lowest BCUT2D eigenvalue weighted by Crippen LogP contribution is -2.34. The van der Waals surface area contributed by atoms with Crippen LogP contribution in [-0.4, -0.2) is 22.4 Å². The molecule has 1 aliphatic carbocycles. The fourth-order valence-corrected chi connectivity index (χ4v) is 3.48. The Morgan fingerprint density at radius 2 is 2.10 bits per heavy atom. The van der Waals surface area contributed by atoms with E-state index in [2.05, 4.69) is 48.1 Å². The van der Waals surface area contributed by atoms with Gasteiger partial charge in [-0.1, -0.05) is 44.4 Å². The third-order valence-corrected chi connectivity index (χ3v) is 4.81. The summed E-state index contributed by atoms with van der Waals surface area (Å²) in [7, 11) is 0. The van der Waals surface area contributed by atoms with Gasteiger partial charge in [0, 0.05) is 24.4 Å². The number of nitrogens with one attached hydrogen (secondary N) is 1. The Balaban J connectivity index is 1.81. The molecular formula is C18H27N3. The quantitative estimate of drug-likeness (QED) is 0.839.